The number of halogens is 1. The minimum Gasteiger partial charge on any atom is -0.466 e. The third-order valence-corrected chi connectivity index (χ3v) is 7.99. The quantitative estimate of drug-likeness (QED) is 0.316. The molecular weight excluding hydrogens is 451 g/mol. The summed E-state index contributed by atoms with van der Waals surface area (Å²) < 4.78 is 19.8. The van der Waals surface area contributed by atoms with E-state index in [2.05, 4.69) is 15.9 Å². The van der Waals surface area contributed by atoms with Crippen LogP contribution < -0.4 is 0 Å². The zero-order valence-electron chi connectivity index (χ0n) is 20.1. The van der Waals surface area contributed by atoms with Gasteiger partial charge >= 0.3 is 5.97 Å². The van der Waals surface area contributed by atoms with Crippen LogP contribution in [-0.4, -0.2) is 66.1 Å². The highest BCUT2D eigenvalue weighted by Crippen LogP contribution is 2.39. The largest absolute Gasteiger partial charge is 0.466 e. The Morgan fingerprint density at radius 2 is 1.88 bits per heavy atom. The molecule has 2 aliphatic heterocycles. The van der Waals surface area contributed by atoms with Gasteiger partial charge in [-0.25, -0.2) is 4.39 Å². The van der Waals surface area contributed by atoms with E-state index in [1.165, 1.54) is 11.6 Å². The lowest BCUT2D eigenvalue weighted by Crippen LogP contribution is -2.43. The number of likely N-dealkylation sites (tertiary alicyclic amines) is 2. The standard InChI is InChI=1S/C27H37FN2O3S/c1-2-33-25(31)17-19-9-13-29(14-10-19)15-11-21-18-30(16-12-24(21)34)26(27(32)20-7-8-20)22-5-3-4-6-23(22)28/h3-6,11,19-20,24,26,34H,2,7-10,12-18H2,1H3. The maximum absolute atomic E-state index is 14.7. The van der Waals surface area contributed by atoms with E-state index in [0.717, 1.165) is 58.3 Å². The van der Waals surface area contributed by atoms with Gasteiger partial charge in [0.2, 0.25) is 0 Å². The molecule has 2 heterocycles. The second-order valence-corrected chi connectivity index (χ2v) is 10.5. The van der Waals surface area contributed by atoms with E-state index in [9.17, 15) is 14.0 Å². The second kappa shape index (κ2) is 11.8. The molecule has 0 radical (unpaired) electrons. The third-order valence-electron chi connectivity index (χ3n) is 7.40. The van der Waals surface area contributed by atoms with Crippen molar-refractivity contribution in [3.05, 3.63) is 47.3 Å². The number of benzene rings is 1. The van der Waals surface area contributed by atoms with Crippen LogP contribution in [0, 0.1) is 17.7 Å². The fourth-order valence-electron chi connectivity index (χ4n) is 5.21. The number of esters is 1. The minimum atomic E-state index is -0.517. The monoisotopic (exact) mass is 488 g/mol. The van der Waals surface area contributed by atoms with Gasteiger partial charge in [-0.3, -0.25) is 19.4 Å². The molecule has 3 fully saturated rings. The molecule has 0 N–H and O–H groups in total. The topological polar surface area (TPSA) is 49.9 Å². The van der Waals surface area contributed by atoms with Gasteiger partial charge in [-0.2, -0.15) is 12.6 Å². The first-order valence-corrected chi connectivity index (χ1v) is 13.2. The van der Waals surface area contributed by atoms with Crippen LogP contribution in [-0.2, 0) is 14.3 Å². The minimum absolute atomic E-state index is 0.0710. The van der Waals surface area contributed by atoms with Crippen molar-refractivity contribution in [3.63, 3.8) is 0 Å². The van der Waals surface area contributed by atoms with Crippen LogP contribution >= 0.6 is 12.6 Å². The predicted octanol–water partition coefficient (Wildman–Crippen LogP) is 4.44. The van der Waals surface area contributed by atoms with Crippen molar-refractivity contribution in [1.29, 1.82) is 0 Å². The number of thiol groups is 1. The van der Waals surface area contributed by atoms with Crippen LogP contribution in [0.4, 0.5) is 4.39 Å². The van der Waals surface area contributed by atoms with Crippen LogP contribution in [0.5, 0.6) is 0 Å². The summed E-state index contributed by atoms with van der Waals surface area (Å²) in [6.45, 7) is 6.44. The highest BCUT2D eigenvalue weighted by Gasteiger charge is 2.40. The number of hydrogen-bond donors (Lipinski definition) is 1. The van der Waals surface area contributed by atoms with Crippen LogP contribution in [0.25, 0.3) is 0 Å². The van der Waals surface area contributed by atoms with Gasteiger partial charge in [-0.05, 0) is 69.7 Å². The van der Waals surface area contributed by atoms with Crippen molar-refractivity contribution in [2.45, 2.75) is 56.7 Å². The van der Waals surface area contributed by atoms with Gasteiger partial charge in [0.05, 0.1) is 12.6 Å². The number of ether oxygens (including phenoxy) is 1. The van der Waals surface area contributed by atoms with Crippen molar-refractivity contribution in [2.24, 2.45) is 11.8 Å². The lowest BCUT2D eigenvalue weighted by molar-refractivity contribution is -0.144. The highest BCUT2D eigenvalue weighted by molar-refractivity contribution is 7.81. The van der Waals surface area contributed by atoms with E-state index in [4.69, 9.17) is 17.4 Å². The molecule has 2 atom stereocenters. The second-order valence-electron chi connectivity index (χ2n) is 9.91. The van der Waals surface area contributed by atoms with Gasteiger partial charge in [0.15, 0.2) is 5.78 Å². The normalized spacial score (nSPS) is 24.8. The Balaban J connectivity index is 1.38. The van der Waals surface area contributed by atoms with Crippen molar-refractivity contribution in [2.75, 3.05) is 39.3 Å². The van der Waals surface area contributed by atoms with E-state index in [-0.39, 0.29) is 28.7 Å². The molecule has 0 bridgehead atoms. The van der Waals surface area contributed by atoms with Gasteiger partial charge in [0.25, 0.3) is 0 Å². The van der Waals surface area contributed by atoms with Crippen LogP contribution in [0.1, 0.15) is 57.1 Å². The molecule has 3 aliphatic rings. The number of piperidine rings is 2. The van der Waals surface area contributed by atoms with E-state index in [1.54, 1.807) is 12.1 Å². The Hall–Kier alpha value is -1.70. The summed E-state index contributed by atoms with van der Waals surface area (Å²) in [5.41, 5.74) is 1.72. The lowest BCUT2D eigenvalue weighted by atomic mass is 9.92. The number of carbonyl (C=O) groups is 2. The fraction of sp³-hybridized carbons (Fsp3) is 0.630. The number of hydrogen-bond acceptors (Lipinski definition) is 6. The molecule has 0 aromatic heterocycles. The molecule has 1 aliphatic carbocycles. The summed E-state index contributed by atoms with van der Waals surface area (Å²) in [5, 5.41) is 0.162. The fourth-order valence-corrected chi connectivity index (χ4v) is 5.51. The summed E-state index contributed by atoms with van der Waals surface area (Å²) in [5.74, 6) is 0.243. The molecule has 5 nitrogen and oxygen atoms in total. The van der Waals surface area contributed by atoms with Crippen molar-refractivity contribution < 1.29 is 18.7 Å². The molecule has 7 heteroatoms. The molecule has 0 spiro atoms. The number of ketones is 1. The van der Waals surface area contributed by atoms with Crippen LogP contribution in [0.3, 0.4) is 0 Å². The summed E-state index contributed by atoms with van der Waals surface area (Å²) in [4.78, 5) is 29.5. The molecule has 4 rings (SSSR count). The van der Waals surface area contributed by atoms with Crippen LogP contribution in [0.2, 0.25) is 0 Å². The number of Topliss-reactive ketones (excluding diaryl/α,β-unsaturated/α-hetero) is 1. The molecule has 1 aromatic carbocycles. The third kappa shape index (κ3) is 6.49. The van der Waals surface area contributed by atoms with Gasteiger partial charge in [-0.15, -0.1) is 0 Å². The smallest absolute Gasteiger partial charge is 0.306 e. The summed E-state index contributed by atoms with van der Waals surface area (Å²) in [6, 6.07) is 6.20. The first-order valence-electron chi connectivity index (χ1n) is 12.7. The van der Waals surface area contributed by atoms with E-state index in [0.29, 0.717) is 31.1 Å². The summed E-state index contributed by atoms with van der Waals surface area (Å²) >= 11 is 4.82. The maximum Gasteiger partial charge on any atom is 0.306 e. The molecule has 34 heavy (non-hydrogen) atoms. The zero-order valence-corrected chi connectivity index (χ0v) is 21.0. The molecule has 0 amide bonds. The Kier molecular flexibility index (Phi) is 8.83. The Labute approximate surface area is 208 Å². The molecule has 186 valence electrons. The summed E-state index contributed by atoms with van der Waals surface area (Å²) in [6.07, 6.45) is 7.47. The Morgan fingerprint density at radius 3 is 2.56 bits per heavy atom. The predicted molar refractivity (Wildman–Crippen MR) is 134 cm³/mol. The molecular formula is C27H37FN2O3S. The molecule has 1 aromatic rings. The maximum atomic E-state index is 14.7. The number of carbonyl (C=O) groups excluding carboxylic acids is 2. The van der Waals surface area contributed by atoms with Gasteiger partial charge in [0.1, 0.15) is 5.82 Å². The van der Waals surface area contributed by atoms with Gasteiger partial charge in [0, 0.05) is 42.8 Å². The van der Waals surface area contributed by atoms with Crippen molar-refractivity contribution in [1.82, 2.24) is 9.80 Å². The lowest BCUT2D eigenvalue weighted by Gasteiger charge is -2.38. The van der Waals surface area contributed by atoms with Gasteiger partial charge in [-0.1, -0.05) is 24.3 Å². The molecule has 2 unspecified atom stereocenters. The van der Waals surface area contributed by atoms with E-state index in [1.807, 2.05) is 13.0 Å². The van der Waals surface area contributed by atoms with E-state index >= 15 is 0 Å². The average Bonchev–Trinajstić information content (AvgIpc) is 3.67. The SMILES string of the molecule is CCOC(=O)CC1CCN(CC=C2CN(C(C(=O)C3CC3)c3ccccc3F)CCC2S)CC1. The number of rotatable bonds is 9. The molecule has 1 saturated carbocycles. The Morgan fingerprint density at radius 1 is 1.15 bits per heavy atom. The highest BCUT2D eigenvalue weighted by atomic mass is 32.1. The average molecular weight is 489 g/mol. The molecule has 2 saturated heterocycles. The first kappa shape index (κ1) is 25.4. The Bertz CT molecular complexity index is 896. The van der Waals surface area contributed by atoms with Crippen molar-refractivity contribution >= 4 is 24.4 Å². The summed E-state index contributed by atoms with van der Waals surface area (Å²) in [7, 11) is 0. The first-order chi connectivity index (χ1) is 16.5. The van der Waals surface area contributed by atoms with Crippen LogP contribution in [0.15, 0.2) is 35.9 Å². The van der Waals surface area contributed by atoms with Crippen molar-refractivity contribution in [3.8, 4) is 0 Å². The van der Waals surface area contributed by atoms with Gasteiger partial charge < -0.3 is 4.74 Å². The van der Waals surface area contributed by atoms with E-state index < -0.39 is 6.04 Å². The number of nitrogens with zero attached hydrogens (tertiary/aromatic N) is 2. The zero-order chi connectivity index (χ0) is 24.1.